The summed E-state index contributed by atoms with van der Waals surface area (Å²) in [6.07, 6.45) is 7.19. The van der Waals surface area contributed by atoms with Crippen molar-refractivity contribution in [1.82, 2.24) is 10.6 Å². The van der Waals surface area contributed by atoms with E-state index in [-0.39, 0.29) is 5.92 Å². The van der Waals surface area contributed by atoms with Gasteiger partial charge in [0.2, 0.25) is 0 Å². The fourth-order valence-electron chi connectivity index (χ4n) is 3.61. The fraction of sp³-hybridized carbons (Fsp3) is 0.938. The Morgan fingerprint density at radius 3 is 2.50 bits per heavy atom. The summed E-state index contributed by atoms with van der Waals surface area (Å²) in [5, 5.41) is 6.62. The minimum Gasteiger partial charge on any atom is -0.357 e. The quantitative estimate of drug-likeness (QED) is 0.577. The van der Waals surface area contributed by atoms with E-state index in [2.05, 4.69) is 24.5 Å². The first kappa shape index (κ1) is 17.6. The molecule has 128 valence electrons. The smallest absolute Gasteiger partial charge is 0.191 e. The number of aliphatic imine (C=N–C) groups is 1. The van der Waals surface area contributed by atoms with Gasteiger partial charge in [0.15, 0.2) is 15.8 Å². The van der Waals surface area contributed by atoms with E-state index in [1.165, 1.54) is 32.1 Å². The Labute approximate surface area is 135 Å². The average molecular weight is 330 g/mol. The summed E-state index contributed by atoms with van der Waals surface area (Å²) in [6.45, 7) is 6.73. The van der Waals surface area contributed by atoms with Crippen LogP contribution in [-0.2, 0) is 9.84 Å². The molecule has 0 bridgehead atoms. The maximum absolute atomic E-state index is 11.5. The molecule has 2 aliphatic rings. The molecule has 2 rings (SSSR count). The summed E-state index contributed by atoms with van der Waals surface area (Å²) >= 11 is 0. The van der Waals surface area contributed by atoms with Crippen LogP contribution in [0.25, 0.3) is 0 Å². The summed E-state index contributed by atoms with van der Waals surface area (Å²) in [6, 6.07) is 0. The SMILES string of the molecule is CCNC(=NCC1(CC)CCCC1)NCC1CCS(=O)(=O)C1. The van der Waals surface area contributed by atoms with Crippen molar-refractivity contribution in [2.75, 3.05) is 31.1 Å². The molecule has 0 aromatic rings. The highest BCUT2D eigenvalue weighted by Crippen LogP contribution is 2.41. The Kier molecular flexibility index (Phi) is 6.12. The van der Waals surface area contributed by atoms with E-state index >= 15 is 0 Å². The second-order valence-electron chi connectivity index (χ2n) is 6.91. The van der Waals surface area contributed by atoms with Gasteiger partial charge in [-0.05, 0) is 43.9 Å². The van der Waals surface area contributed by atoms with E-state index in [4.69, 9.17) is 4.99 Å². The van der Waals surface area contributed by atoms with Gasteiger partial charge in [0, 0.05) is 19.6 Å². The second kappa shape index (κ2) is 7.66. The number of nitrogens with one attached hydrogen (secondary N) is 2. The summed E-state index contributed by atoms with van der Waals surface area (Å²) in [4.78, 5) is 4.78. The van der Waals surface area contributed by atoms with Crippen LogP contribution in [-0.4, -0.2) is 45.5 Å². The minimum absolute atomic E-state index is 0.223. The zero-order chi connectivity index (χ0) is 16.1. The molecule has 1 unspecified atom stereocenters. The number of guanidine groups is 1. The van der Waals surface area contributed by atoms with Crippen molar-refractivity contribution in [2.24, 2.45) is 16.3 Å². The van der Waals surface area contributed by atoms with Crippen LogP contribution in [0.1, 0.15) is 52.4 Å². The van der Waals surface area contributed by atoms with Crippen molar-refractivity contribution in [1.29, 1.82) is 0 Å². The van der Waals surface area contributed by atoms with E-state index in [0.29, 0.717) is 23.5 Å². The molecule has 2 fully saturated rings. The van der Waals surface area contributed by atoms with E-state index in [9.17, 15) is 8.42 Å². The Hall–Kier alpha value is -0.780. The van der Waals surface area contributed by atoms with Gasteiger partial charge in [0.25, 0.3) is 0 Å². The Morgan fingerprint density at radius 1 is 1.23 bits per heavy atom. The number of hydrogen-bond donors (Lipinski definition) is 2. The predicted molar refractivity (Wildman–Crippen MR) is 91.9 cm³/mol. The zero-order valence-electron chi connectivity index (χ0n) is 14.0. The van der Waals surface area contributed by atoms with E-state index in [0.717, 1.165) is 25.5 Å². The highest BCUT2D eigenvalue weighted by atomic mass is 32.2. The molecule has 0 amide bonds. The molecular formula is C16H31N3O2S. The standard InChI is InChI=1S/C16H31N3O2S/c1-3-16(8-5-6-9-16)13-19-15(17-4-2)18-11-14-7-10-22(20,21)12-14/h14H,3-13H2,1-2H3,(H2,17,18,19). The first-order valence-corrected chi connectivity index (χ1v) is 10.5. The molecule has 6 heteroatoms. The van der Waals surface area contributed by atoms with Crippen molar-refractivity contribution in [3.8, 4) is 0 Å². The van der Waals surface area contributed by atoms with Crippen molar-refractivity contribution >= 4 is 15.8 Å². The molecule has 5 nitrogen and oxygen atoms in total. The van der Waals surface area contributed by atoms with Crippen LogP contribution in [0.2, 0.25) is 0 Å². The van der Waals surface area contributed by atoms with Gasteiger partial charge >= 0.3 is 0 Å². The van der Waals surface area contributed by atoms with Crippen LogP contribution in [0.4, 0.5) is 0 Å². The fourth-order valence-corrected chi connectivity index (χ4v) is 5.47. The first-order valence-electron chi connectivity index (χ1n) is 8.71. The van der Waals surface area contributed by atoms with Gasteiger partial charge in [-0.2, -0.15) is 0 Å². The van der Waals surface area contributed by atoms with E-state index in [1.807, 2.05) is 0 Å². The molecular weight excluding hydrogens is 298 g/mol. The molecule has 0 spiro atoms. The van der Waals surface area contributed by atoms with Crippen molar-refractivity contribution < 1.29 is 8.42 Å². The third-order valence-corrected chi connectivity index (χ3v) is 7.05. The topological polar surface area (TPSA) is 70.6 Å². The van der Waals surface area contributed by atoms with Crippen LogP contribution >= 0.6 is 0 Å². The van der Waals surface area contributed by atoms with Crippen LogP contribution in [0, 0.1) is 11.3 Å². The van der Waals surface area contributed by atoms with Crippen LogP contribution < -0.4 is 10.6 Å². The van der Waals surface area contributed by atoms with Gasteiger partial charge in [-0.15, -0.1) is 0 Å². The Balaban J connectivity index is 1.87. The predicted octanol–water partition coefficient (Wildman–Crippen LogP) is 1.95. The highest BCUT2D eigenvalue weighted by Gasteiger charge is 2.32. The molecule has 1 saturated heterocycles. The number of rotatable bonds is 6. The van der Waals surface area contributed by atoms with Crippen LogP contribution in [0.3, 0.4) is 0 Å². The summed E-state index contributed by atoms with van der Waals surface area (Å²) in [5.74, 6) is 1.72. The normalized spacial score (nSPS) is 27.0. The summed E-state index contributed by atoms with van der Waals surface area (Å²) in [5.41, 5.74) is 0.388. The molecule has 0 aromatic heterocycles. The number of nitrogens with zero attached hydrogens (tertiary/aromatic N) is 1. The molecule has 22 heavy (non-hydrogen) atoms. The van der Waals surface area contributed by atoms with Gasteiger partial charge in [0.1, 0.15) is 0 Å². The number of hydrogen-bond acceptors (Lipinski definition) is 3. The summed E-state index contributed by atoms with van der Waals surface area (Å²) in [7, 11) is -2.80. The van der Waals surface area contributed by atoms with Gasteiger partial charge < -0.3 is 10.6 Å². The lowest BCUT2D eigenvalue weighted by Gasteiger charge is -2.26. The lowest BCUT2D eigenvalue weighted by molar-refractivity contribution is 0.297. The highest BCUT2D eigenvalue weighted by molar-refractivity contribution is 7.91. The monoisotopic (exact) mass is 329 g/mol. The number of sulfone groups is 1. The van der Waals surface area contributed by atoms with Crippen molar-refractivity contribution in [3.63, 3.8) is 0 Å². The minimum atomic E-state index is -2.80. The maximum Gasteiger partial charge on any atom is 0.191 e. The molecule has 0 aromatic carbocycles. The Bertz CT molecular complexity index is 482. The zero-order valence-corrected chi connectivity index (χ0v) is 14.8. The van der Waals surface area contributed by atoms with Crippen LogP contribution in [0.5, 0.6) is 0 Å². The Morgan fingerprint density at radius 2 is 1.95 bits per heavy atom. The van der Waals surface area contributed by atoms with E-state index < -0.39 is 9.84 Å². The average Bonchev–Trinajstić information content (AvgIpc) is 3.09. The third-order valence-electron chi connectivity index (χ3n) is 5.22. The third kappa shape index (κ3) is 4.86. The lowest BCUT2D eigenvalue weighted by atomic mass is 9.84. The molecule has 2 N–H and O–H groups in total. The van der Waals surface area contributed by atoms with E-state index in [1.54, 1.807) is 0 Å². The van der Waals surface area contributed by atoms with Gasteiger partial charge in [-0.1, -0.05) is 19.8 Å². The molecule has 1 heterocycles. The van der Waals surface area contributed by atoms with Gasteiger partial charge in [0.05, 0.1) is 11.5 Å². The lowest BCUT2D eigenvalue weighted by Crippen LogP contribution is -2.40. The largest absolute Gasteiger partial charge is 0.357 e. The molecule has 1 saturated carbocycles. The summed E-state index contributed by atoms with van der Waals surface area (Å²) < 4.78 is 23.0. The molecule has 1 atom stereocenters. The first-order chi connectivity index (χ1) is 10.5. The van der Waals surface area contributed by atoms with Crippen molar-refractivity contribution in [2.45, 2.75) is 52.4 Å². The maximum atomic E-state index is 11.5. The van der Waals surface area contributed by atoms with Gasteiger partial charge in [-0.3, -0.25) is 4.99 Å². The van der Waals surface area contributed by atoms with Crippen molar-refractivity contribution in [3.05, 3.63) is 0 Å². The van der Waals surface area contributed by atoms with Gasteiger partial charge in [-0.25, -0.2) is 8.42 Å². The molecule has 1 aliphatic heterocycles. The van der Waals surface area contributed by atoms with Crippen LogP contribution in [0.15, 0.2) is 4.99 Å². The second-order valence-corrected chi connectivity index (χ2v) is 9.13. The molecule has 1 aliphatic carbocycles. The molecule has 0 radical (unpaired) electrons.